The quantitative estimate of drug-likeness (QED) is 0.451. The third-order valence-electron chi connectivity index (χ3n) is 4.00. The second-order valence-corrected chi connectivity index (χ2v) is 7.88. The molecule has 0 spiro atoms. The minimum Gasteiger partial charge on any atom is -0.293 e. The van der Waals surface area contributed by atoms with Gasteiger partial charge in [-0.25, -0.2) is 0 Å². The van der Waals surface area contributed by atoms with E-state index in [0.717, 1.165) is 24.9 Å². The van der Waals surface area contributed by atoms with Gasteiger partial charge in [-0.15, -0.1) is 0 Å². The van der Waals surface area contributed by atoms with Crippen LogP contribution in [0, 0.1) is 5.92 Å². The molecule has 0 aromatic heterocycles. The summed E-state index contributed by atoms with van der Waals surface area (Å²) in [5, 5.41) is 0.667. The average molecular weight is 368 g/mol. The molecule has 1 aliphatic heterocycles. The fraction of sp³-hybridized carbons (Fsp3) is 0.444. The van der Waals surface area contributed by atoms with Crippen molar-refractivity contribution in [2.24, 2.45) is 5.92 Å². The van der Waals surface area contributed by atoms with E-state index in [1.807, 2.05) is 30.3 Å². The number of hydrogen-bond acceptors (Lipinski definition) is 3. The van der Waals surface area contributed by atoms with Gasteiger partial charge < -0.3 is 0 Å². The summed E-state index contributed by atoms with van der Waals surface area (Å²) in [6.45, 7) is 5.11. The lowest BCUT2D eigenvalue weighted by molar-refractivity contribution is -0.122. The normalized spacial score (nSPS) is 18.0. The number of benzene rings is 1. The van der Waals surface area contributed by atoms with E-state index in [9.17, 15) is 4.79 Å². The minimum absolute atomic E-state index is 0.0231. The van der Waals surface area contributed by atoms with Crippen LogP contribution in [0.3, 0.4) is 0 Å². The summed E-state index contributed by atoms with van der Waals surface area (Å²) in [5.41, 5.74) is 0.927. The van der Waals surface area contributed by atoms with Crippen molar-refractivity contribution in [2.45, 2.75) is 39.5 Å². The lowest BCUT2D eigenvalue weighted by Gasteiger charge is -2.21. The Morgan fingerprint density at radius 3 is 2.83 bits per heavy atom. The van der Waals surface area contributed by atoms with E-state index in [2.05, 4.69) is 13.8 Å². The van der Waals surface area contributed by atoms with E-state index in [4.69, 9.17) is 23.8 Å². The van der Waals surface area contributed by atoms with E-state index in [1.54, 1.807) is 4.90 Å². The van der Waals surface area contributed by atoms with Crippen molar-refractivity contribution in [1.29, 1.82) is 0 Å². The lowest BCUT2D eigenvalue weighted by atomic mass is 9.99. The van der Waals surface area contributed by atoms with Crippen molar-refractivity contribution in [2.75, 3.05) is 6.54 Å². The molecule has 1 fully saturated rings. The zero-order valence-corrected chi connectivity index (χ0v) is 15.9. The zero-order valence-electron chi connectivity index (χ0n) is 13.5. The smallest absolute Gasteiger partial charge is 0.266 e. The van der Waals surface area contributed by atoms with Gasteiger partial charge in [-0.05, 0) is 36.1 Å². The summed E-state index contributed by atoms with van der Waals surface area (Å²) in [6.07, 6.45) is 6.48. The van der Waals surface area contributed by atoms with Gasteiger partial charge in [0, 0.05) is 11.6 Å². The van der Waals surface area contributed by atoms with Crippen molar-refractivity contribution in [3.63, 3.8) is 0 Å². The summed E-state index contributed by atoms with van der Waals surface area (Å²) in [4.78, 5) is 15.1. The third kappa shape index (κ3) is 5.07. The number of rotatable bonds is 7. The fourth-order valence-electron chi connectivity index (χ4n) is 2.58. The minimum atomic E-state index is 0.0231. The largest absolute Gasteiger partial charge is 0.293 e. The second-order valence-electron chi connectivity index (χ2n) is 5.76. The first-order valence-corrected chi connectivity index (χ1v) is 9.66. The Bertz CT molecular complexity index is 615. The number of carbonyl (C=O) groups is 1. The van der Waals surface area contributed by atoms with Crippen molar-refractivity contribution < 1.29 is 4.79 Å². The van der Waals surface area contributed by atoms with Gasteiger partial charge in [0.05, 0.1) is 4.91 Å². The number of carbonyl (C=O) groups excluding carboxylic acids is 1. The number of halogens is 1. The standard InChI is InChI=1S/C18H22ClNOS2/c1-3-5-7-13(4-2)12-20-17(21)16(23-18(20)22)11-14-8-6-9-15(19)10-14/h6,8-11,13H,3-5,7,12H2,1-2H3/b16-11+. The van der Waals surface area contributed by atoms with E-state index in [0.29, 0.717) is 20.2 Å². The summed E-state index contributed by atoms with van der Waals surface area (Å²) in [6, 6.07) is 7.50. The molecule has 2 nitrogen and oxygen atoms in total. The Hall–Kier alpha value is -0.840. The van der Waals surface area contributed by atoms with Gasteiger partial charge in [0.1, 0.15) is 4.32 Å². The summed E-state index contributed by atoms with van der Waals surface area (Å²) in [5.74, 6) is 0.540. The van der Waals surface area contributed by atoms with Gasteiger partial charge in [-0.1, -0.05) is 80.8 Å². The fourth-order valence-corrected chi connectivity index (χ4v) is 4.05. The molecule has 1 aliphatic rings. The van der Waals surface area contributed by atoms with Crippen molar-refractivity contribution in [3.05, 3.63) is 39.8 Å². The molecule has 0 bridgehead atoms. The van der Waals surface area contributed by atoms with Gasteiger partial charge in [-0.2, -0.15) is 0 Å². The highest BCUT2D eigenvalue weighted by Crippen LogP contribution is 2.34. The highest BCUT2D eigenvalue weighted by Gasteiger charge is 2.33. The second kappa shape index (κ2) is 8.86. The maximum atomic E-state index is 12.6. The molecule has 124 valence electrons. The monoisotopic (exact) mass is 367 g/mol. The highest BCUT2D eigenvalue weighted by atomic mass is 35.5. The molecule has 23 heavy (non-hydrogen) atoms. The van der Waals surface area contributed by atoms with E-state index < -0.39 is 0 Å². The van der Waals surface area contributed by atoms with E-state index in [-0.39, 0.29) is 5.91 Å². The van der Waals surface area contributed by atoms with Crippen LogP contribution in [-0.2, 0) is 4.79 Å². The zero-order chi connectivity index (χ0) is 16.8. The molecular weight excluding hydrogens is 346 g/mol. The van der Waals surface area contributed by atoms with Gasteiger partial charge in [0.15, 0.2) is 0 Å². The highest BCUT2D eigenvalue weighted by molar-refractivity contribution is 8.26. The van der Waals surface area contributed by atoms with Crippen LogP contribution in [0.25, 0.3) is 6.08 Å². The molecule has 1 heterocycles. The first-order valence-electron chi connectivity index (χ1n) is 8.06. The molecule has 0 saturated carbocycles. The molecule has 1 saturated heterocycles. The van der Waals surface area contributed by atoms with Crippen LogP contribution in [0.2, 0.25) is 5.02 Å². The molecule has 2 rings (SSSR count). The number of amides is 1. The van der Waals surface area contributed by atoms with Gasteiger partial charge in [0.2, 0.25) is 0 Å². The summed E-state index contributed by atoms with van der Waals surface area (Å²) in [7, 11) is 0. The molecule has 5 heteroatoms. The van der Waals surface area contributed by atoms with Crippen LogP contribution < -0.4 is 0 Å². The Labute approximate surface area is 153 Å². The maximum Gasteiger partial charge on any atom is 0.266 e. The molecule has 0 radical (unpaired) electrons. The topological polar surface area (TPSA) is 20.3 Å². The lowest BCUT2D eigenvalue weighted by Crippen LogP contribution is -2.33. The van der Waals surface area contributed by atoms with Crippen LogP contribution in [0.15, 0.2) is 29.2 Å². The van der Waals surface area contributed by atoms with Gasteiger partial charge in [-0.3, -0.25) is 9.69 Å². The van der Waals surface area contributed by atoms with Gasteiger partial charge in [0.25, 0.3) is 5.91 Å². The van der Waals surface area contributed by atoms with E-state index >= 15 is 0 Å². The van der Waals surface area contributed by atoms with Crippen molar-refractivity contribution in [3.8, 4) is 0 Å². The summed E-state index contributed by atoms with van der Waals surface area (Å²) < 4.78 is 0.665. The molecule has 0 aliphatic carbocycles. The maximum absolute atomic E-state index is 12.6. The molecule has 1 aromatic rings. The number of thioether (sulfide) groups is 1. The Balaban J connectivity index is 2.10. The van der Waals surface area contributed by atoms with Crippen LogP contribution in [0.5, 0.6) is 0 Å². The molecule has 1 atom stereocenters. The molecule has 1 unspecified atom stereocenters. The number of hydrogen-bond donors (Lipinski definition) is 0. The molecule has 1 aromatic carbocycles. The summed E-state index contributed by atoms with van der Waals surface area (Å²) >= 11 is 12.8. The van der Waals surface area contributed by atoms with Crippen LogP contribution in [0.1, 0.15) is 45.1 Å². The average Bonchev–Trinajstić information content (AvgIpc) is 2.78. The number of nitrogens with zero attached hydrogens (tertiary/aromatic N) is 1. The first kappa shape index (κ1) is 18.5. The number of thiocarbonyl (C=S) groups is 1. The van der Waals surface area contributed by atoms with E-state index in [1.165, 1.54) is 24.6 Å². The van der Waals surface area contributed by atoms with Gasteiger partial charge >= 0.3 is 0 Å². The molecular formula is C18H22ClNOS2. The first-order chi connectivity index (χ1) is 11.0. The Morgan fingerprint density at radius 2 is 2.17 bits per heavy atom. The molecule has 0 N–H and O–H groups in total. The Morgan fingerprint density at radius 1 is 1.39 bits per heavy atom. The van der Waals surface area contributed by atoms with Crippen LogP contribution in [-0.4, -0.2) is 21.7 Å². The third-order valence-corrected chi connectivity index (χ3v) is 5.62. The van der Waals surface area contributed by atoms with Crippen molar-refractivity contribution in [1.82, 2.24) is 4.90 Å². The predicted molar refractivity (Wildman–Crippen MR) is 105 cm³/mol. The van der Waals surface area contributed by atoms with Crippen molar-refractivity contribution >= 4 is 51.9 Å². The predicted octanol–water partition coefficient (Wildman–Crippen LogP) is 5.76. The van der Waals surface area contributed by atoms with Crippen LogP contribution in [0.4, 0.5) is 0 Å². The number of unbranched alkanes of at least 4 members (excludes halogenated alkanes) is 1. The Kier molecular flexibility index (Phi) is 7.12. The molecule has 1 amide bonds. The van der Waals surface area contributed by atoms with Crippen LogP contribution >= 0.6 is 35.6 Å². The SMILES string of the molecule is CCCCC(CC)CN1C(=O)/C(=C\c2cccc(Cl)c2)SC1=S.